The van der Waals surface area contributed by atoms with Gasteiger partial charge in [0.05, 0.1) is 27.6 Å². The molecule has 0 spiro atoms. The number of quaternary nitrogens is 1. The molecule has 0 bridgehead atoms. The van der Waals surface area contributed by atoms with Crippen LogP contribution in [-0.2, 0) is 14.3 Å². The van der Waals surface area contributed by atoms with Crippen LogP contribution < -0.4 is 0 Å². The molecule has 0 aliphatic heterocycles. The second-order valence-corrected chi connectivity index (χ2v) is 11.4. The molecule has 1 N–H and O–H groups in total. The SMILES string of the molecule is [2H]C([2H])(CCCCCCCCCCCCCC)C([2H])([2H])CCCCCCCC(=O)O[C@H](CC(=O)O)C[N+](C)(C)C. The molecule has 0 unspecified atom stereocenters. The number of carboxylic acids is 1. The molecule has 36 heavy (non-hydrogen) atoms. The lowest BCUT2D eigenvalue weighted by atomic mass is 10.0. The largest absolute Gasteiger partial charge is 0.481 e. The molecular formula is C31H62NO4+. The average molecular weight is 517 g/mol. The van der Waals surface area contributed by atoms with Crippen molar-refractivity contribution in [1.82, 2.24) is 0 Å². The molecular weight excluding hydrogens is 450 g/mol. The number of aliphatic carboxylic acids is 1. The van der Waals surface area contributed by atoms with Crippen molar-refractivity contribution in [2.45, 2.75) is 161 Å². The van der Waals surface area contributed by atoms with Gasteiger partial charge in [-0.25, -0.2) is 0 Å². The first-order valence-corrected chi connectivity index (χ1v) is 14.9. The van der Waals surface area contributed by atoms with E-state index in [1.165, 1.54) is 57.8 Å². The Bertz CT molecular complexity index is 668. The zero-order chi connectivity index (χ0) is 30.5. The van der Waals surface area contributed by atoms with E-state index in [-0.39, 0.29) is 31.7 Å². The second-order valence-electron chi connectivity index (χ2n) is 11.4. The summed E-state index contributed by atoms with van der Waals surface area (Å²) in [7, 11) is 5.78. The van der Waals surface area contributed by atoms with E-state index in [2.05, 4.69) is 6.92 Å². The number of hydrogen-bond donors (Lipinski definition) is 1. The van der Waals surface area contributed by atoms with Gasteiger partial charge < -0.3 is 14.3 Å². The highest BCUT2D eigenvalue weighted by Crippen LogP contribution is 2.15. The number of hydrogen-bond acceptors (Lipinski definition) is 3. The summed E-state index contributed by atoms with van der Waals surface area (Å²) >= 11 is 0. The minimum absolute atomic E-state index is 0.198. The molecule has 5 heteroatoms. The molecule has 0 aliphatic rings. The first kappa shape index (κ1) is 27.9. The van der Waals surface area contributed by atoms with Crippen molar-refractivity contribution in [3.63, 3.8) is 0 Å². The molecule has 0 aromatic heterocycles. The maximum atomic E-state index is 12.2. The van der Waals surface area contributed by atoms with E-state index in [1.807, 2.05) is 21.1 Å². The Morgan fingerprint density at radius 3 is 1.47 bits per heavy atom. The predicted molar refractivity (Wildman–Crippen MR) is 152 cm³/mol. The van der Waals surface area contributed by atoms with E-state index in [0.717, 1.165) is 38.5 Å². The maximum Gasteiger partial charge on any atom is 0.307 e. The molecule has 5 nitrogen and oxygen atoms in total. The number of esters is 1. The minimum Gasteiger partial charge on any atom is -0.481 e. The summed E-state index contributed by atoms with van der Waals surface area (Å²) < 4.78 is 39.2. The van der Waals surface area contributed by atoms with Crippen molar-refractivity contribution >= 4 is 11.9 Å². The molecule has 0 radical (unpaired) electrons. The van der Waals surface area contributed by atoms with Gasteiger partial charge in [0, 0.05) is 11.9 Å². The molecule has 0 fully saturated rings. The molecule has 0 amide bonds. The summed E-state index contributed by atoms with van der Waals surface area (Å²) in [6, 6.07) is 0. The minimum atomic E-state index is -1.83. The third-order valence-electron chi connectivity index (χ3n) is 6.41. The van der Waals surface area contributed by atoms with Gasteiger partial charge in [0.25, 0.3) is 0 Å². The monoisotopic (exact) mass is 516 g/mol. The highest BCUT2D eigenvalue weighted by atomic mass is 16.5. The molecule has 0 aliphatic carbocycles. The smallest absolute Gasteiger partial charge is 0.307 e. The lowest BCUT2D eigenvalue weighted by Crippen LogP contribution is -2.43. The van der Waals surface area contributed by atoms with E-state index in [4.69, 9.17) is 15.3 Å². The van der Waals surface area contributed by atoms with Crippen molar-refractivity contribution < 1.29 is 29.4 Å². The molecule has 0 aromatic rings. The number of rotatable bonds is 27. The summed E-state index contributed by atoms with van der Waals surface area (Å²) in [5.74, 6) is -1.35. The van der Waals surface area contributed by atoms with Crippen LogP contribution in [0.1, 0.15) is 160 Å². The van der Waals surface area contributed by atoms with Gasteiger partial charge in [0.2, 0.25) is 0 Å². The lowest BCUT2D eigenvalue weighted by Gasteiger charge is -2.28. The normalized spacial score (nSPS) is 15.0. The third kappa shape index (κ3) is 27.5. The van der Waals surface area contributed by atoms with Crippen LogP contribution in [-0.4, -0.2) is 55.3 Å². The van der Waals surface area contributed by atoms with Gasteiger partial charge in [-0.05, 0) is 6.42 Å². The third-order valence-corrected chi connectivity index (χ3v) is 6.41. The first-order valence-electron chi connectivity index (χ1n) is 16.9. The van der Waals surface area contributed by atoms with E-state index < -0.39 is 24.8 Å². The Labute approximate surface area is 230 Å². The number of carboxylic acid groups (broad SMARTS) is 1. The van der Waals surface area contributed by atoms with Gasteiger partial charge >= 0.3 is 11.9 Å². The summed E-state index contributed by atoms with van der Waals surface area (Å²) in [5, 5.41) is 9.07. The van der Waals surface area contributed by atoms with Crippen LogP contribution in [0.25, 0.3) is 0 Å². The molecule has 0 saturated heterocycles. The molecule has 1 atom stereocenters. The molecule has 0 rings (SSSR count). The van der Waals surface area contributed by atoms with E-state index in [0.29, 0.717) is 23.9 Å². The Morgan fingerprint density at radius 2 is 1.08 bits per heavy atom. The summed E-state index contributed by atoms with van der Waals surface area (Å²) in [6.45, 7) is 2.68. The average Bonchev–Trinajstić information content (AvgIpc) is 2.82. The molecule has 0 aromatic carbocycles. The van der Waals surface area contributed by atoms with Gasteiger partial charge in [-0.1, -0.05) is 135 Å². The van der Waals surface area contributed by atoms with Crippen molar-refractivity contribution in [2.24, 2.45) is 0 Å². The van der Waals surface area contributed by atoms with Crippen LogP contribution in [0.5, 0.6) is 0 Å². The summed E-state index contributed by atoms with van der Waals surface area (Å²) in [6.07, 6.45) is 14.6. The highest BCUT2D eigenvalue weighted by molar-refractivity contribution is 5.71. The van der Waals surface area contributed by atoms with Crippen LogP contribution in [0.15, 0.2) is 0 Å². The predicted octanol–water partition coefficient (Wildman–Crippen LogP) is 8.68. The standard InChI is InChI=1S/C31H61NO4/c1-5-6-7-8-9-10-11-12-13-14-15-16-17-18-19-20-21-22-23-24-25-26-31(35)36-29(27-30(33)34)28-32(2,3)4/h29H,5-28H2,1-4H3/p+1/t29-/m1/s1/i18D2,19D2. The Hall–Kier alpha value is -1.10. The summed E-state index contributed by atoms with van der Waals surface area (Å²) in [5.41, 5.74) is 0. The van der Waals surface area contributed by atoms with Gasteiger partial charge in [0.15, 0.2) is 6.10 Å². The van der Waals surface area contributed by atoms with E-state index in [9.17, 15) is 9.59 Å². The number of carbonyl (C=O) groups is 2. The number of likely N-dealkylation sites (N-methyl/N-ethyl adjacent to an activating group) is 1. The van der Waals surface area contributed by atoms with Crippen LogP contribution in [0.2, 0.25) is 0 Å². The van der Waals surface area contributed by atoms with Crippen molar-refractivity contribution in [3.8, 4) is 0 Å². The van der Waals surface area contributed by atoms with Gasteiger partial charge in [-0.3, -0.25) is 9.59 Å². The molecule has 0 saturated carbocycles. The van der Waals surface area contributed by atoms with Crippen LogP contribution in [0.3, 0.4) is 0 Å². The summed E-state index contributed by atoms with van der Waals surface area (Å²) in [4.78, 5) is 23.2. The molecule has 0 heterocycles. The Balaban J connectivity index is 3.97. The number of nitrogens with zero attached hydrogens (tertiary/aromatic N) is 1. The lowest BCUT2D eigenvalue weighted by molar-refractivity contribution is -0.873. The van der Waals surface area contributed by atoms with Crippen LogP contribution in [0, 0.1) is 0 Å². The highest BCUT2D eigenvalue weighted by Gasteiger charge is 2.24. The first-order chi connectivity index (χ1) is 18.7. The topological polar surface area (TPSA) is 63.6 Å². The number of ether oxygens (including phenoxy) is 1. The zero-order valence-corrected chi connectivity index (χ0v) is 24.3. The van der Waals surface area contributed by atoms with Crippen molar-refractivity contribution in [1.29, 1.82) is 0 Å². The zero-order valence-electron chi connectivity index (χ0n) is 28.3. The molecule has 214 valence electrons. The number of carbonyl (C=O) groups excluding carboxylic acids is 1. The van der Waals surface area contributed by atoms with Crippen LogP contribution >= 0.6 is 0 Å². The van der Waals surface area contributed by atoms with Crippen molar-refractivity contribution in [3.05, 3.63) is 0 Å². The fourth-order valence-corrected chi connectivity index (χ4v) is 4.44. The van der Waals surface area contributed by atoms with Gasteiger partial charge in [-0.15, -0.1) is 0 Å². The fourth-order valence-electron chi connectivity index (χ4n) is 4.44. The Morgan fingerprint density at radius 1 is 0.694 bits per heavy atom. The second kappa shape index (κ2) is 24.2. The van der Waals surface area contributed by atoms with Gasteiger partial charge in [-0.2, -0.15) is 0 Å². The Kier molecular flexibility index (Phi) is 18.8. The van der Waals surface area contributed by atoms with Crippen LogP contribution in [0.4, 0.5) is 0 Å². The fraction of sp³-hybridized carbons (Fsp3) is 0.935. The van der Waals surface area contributed by atoms with Gasteiger partial charge in [0.1, 0.15) is 6.54 Å². The quantitative estimate of drug-likeness (QED) is 0.0673. The van der Waals surface area contributed by atoms with Crippen molar-refractivity contribution in [2.75, 3.05) is 27.7 Å². The van der Waals surface area contributed by atoms with E-state index >= 15 is 0 Å². The van der Waals surface area contributed by atoms with E-state index in [1.54, 1.807) is 0 Å². The number of unbranched alkanes of at least 4 members (excludes halogenated alkanes) is 15. The maximum absolute atomic E-state index is 12.2.